The van der Waals surface area contributed by atoms with E-state index >= 15 is 0 Å². The largest absolute Gasteiger partial charge is 0.418 e. The van der Waals surface area contributed by atoms with Crippen molar-refractivity contribution in [3.8, 4) is 0 Å². The number of amides is 1. The molecule has 112 valence electrons. The van der Waals surface area contributed by atoms with E-state index in [2.05, 4.69) is 5.32 Å². The quantitative estimate of drug-likeness (QED) is 0.891. The highest BCUT2D eigenvalue weighted by molar-refractivity contribution is 6.30. The fourth-order valence-corrected chi connectivity index (χ4v) is 1.68. The molecule has 0 aliphatic heterocycles. The second-order valence-electron chi connectivity index (χ2n) is 4.85. The number of carbonyl (C=O) groups is 1. The SMILES string of the molecule is CC(C)C(N)CC(=O)Nc1ccc(Cl)cc1C(F)(F)F. The number of nitrogens with two attached hydrogens (primary N) is 1. The van der Waals surface area contributed by atoms with Crippen LogP contribution in [-0.4, -0.2) is 11.9 Å². The summed E-state index contributed by atoms with van der Waals surface area (Å²) in [5, 5.41) is 2.19. The first-order chi connectivity index (χ1) is 9.11. The average molecular weight is 309 g/mol. The molecule has 7 heteroatoms. The van der Waals surface area contributed by atoms with Gasteiger partial charge < -0.3 is 11.1 Å². The zero-order valence-corrected chi connectivity index (χ0v) is 11.8. The predicted octanol–water partition coefficient (Wildman–Crippen LogP) is 3.67. The Morgan fingerprint density at radius 2 is 2.00 bits per heavy atom. The number of anilines is 1. The van der Waals surface area contributed by atoms with E-state index in [0.29, 0.717) is 0 Å². The number of rotatable bonds is 4. The summed E-state index contributed by atoms with van der Waals surface area (Å²) in [6, 6.07) is 2.79. The first-order valence-corrected chi connectivity index (χ1v) is 6.41. The third-order valence-corrected chi connectivity index (χ3v) is 3.07. The van der Waals surface area contributed by atoms with Crippen molar-refractivity contribution in [3.63, 3.8) is 0 Å². The topological polar surface area (TPSA) is 55.1 Å². The van der Waals surface area contributed by atoms with E-state index in [9.17, 15) is 18.0 Å². The molecule has 1 atom stereocenters. The maximum absolute atomic E-state index is 12.8. The van der Waals surface area contributed by atoms with Crippen molar-refractivity contribution >= 4 is 23.2 Å². The van der Waals surface area contributed by atoms with Crippen LogP contribution in [0.3, 0.4) is 0 Å². The van der Waals surface area contributed by atoms with Crippen LogP contribution in [0.1, 0.15) is 25.8 Å². The molecule has 0 aliphatic rings. The average Bonchev–Trinajstić information content (AvgIpc) is 2.29. The molecule has 0 saturated carbocycles. The lowest BCUT2D eigenvalue weighted by Crippen LogP contribution is -2.31. The molecule has 0 bridgehead atoms. The number of alkyl halides is 3. The monoisotopic (exact) mass is 308 g/mol. The van der Waals surface area contributed by atoms with Crippen LogP contribution in [-0.2, 0) is 11.0 Å². The van der Waals surface area contributed by atoms with E-state index in [0.717, 1.165) is 12.1 Å². The molecule has 1 amide bonds. The van der Waals surface area contributed by atoms with Gasteiger partial charge in [0.05, 0.1) is 11.3 Å². The third-order valence-electron chi connectivity index (χ3n) is 2.84. The van der Waals surface area contributed by atoms with Gasteiger partial charge in [-0.1, -0.05) is 25.4 Å². The maximum atomic E-state index is 12.8. The minimum Gasteiger partial charge on any atom is -0.327 e. The van der Waals surface area contributed by atoms with E-state index in [4.69, 9.17) is 17.3 Å². The van der Waals surface area contributed by atoms with Gasteiger partial charge >= 0.3 is 6.18 Å². The molecule has 1 aromatic carbocycles. The molecular weight excluding hydrogens is 293 g/mol. The predicted molar refractivity (Wildman–Crippen MR) is 72.5 cm³/mol. The van der Waals surface area contributed by atoms with Crippen LogP contribution in [0.4, 0.5) is 18.9 Å². The summed E-state index contributed by atoms with van der Waals surface area (Å²) in [6.07, 6.45) is -4.63. The molecule has 0 saturated heterocycles. The number of halogens is 4. The van der Waals surface area contributed by atoms with Crippen LogP contribution in [0.15, 0.2) is 18.2 Å². The number of carbonyl (C=O) groups excluding carboxylic acids is 1. The normalized spacial score (nSPS) is 13.4. The first kappa shape index (κ1) is 16.8. The van der Waals surface area contributed by atoms with E-state index in [1.807, 2.05) is 13.8 Å². The molecule has 1 rings (SSSR count). The zero-order valence-electron chi connectivity index (χ0n) is 11.1. The first-order valence-electron chi connectivity index (χ1n) is 6.03. The molecule has 20 heavy (non-hydrogen) atoms. The second kappa shape index (κ2) is 6.45. The van der Waals surface area contributed by atoms with Crippen LogP contribution in [0.25, 0.3) is 0 Å². The van der Waals surface area contributed by atoms with Crippen molar-refractivity contribution in [2.45, 2.75) is 32.5 Å². The molecule has 1 unspecified atom stereocenters. The number of benzene rings is 1. The zero-order chi connectivity index (χ0) is 15.5. The van der Waals surface area contributed by atoms with Gasteiger partial charge in [-0.2, -0.15) is 13.2 Å². The summed E-state index contributed by atoms with van der Waals surface area (Å²) in [6.45, 7) is 3.67. The van der Waals surface area contributed by atoms with Crippen LogP contribution >= 0.6 is 11.6 Å². The molecule has 0 spiro atoms. The van der Waals surface area contributed by atoms with Crippen molar-refractivity contribution in [2.75, 3.05) is 5.32 Å². The number of hydrogen-bond acceptors (Lipinski definition) is 2. The van der Waals surface area contributed by atoms with Gasteiger partial charge in [0, 0.05) is 17.5 Å². The van der Waals surface area contributed by atoms with Gasteiger partial charge in [-0.25, -0.2) is 0 Å². The molecule has 0 fully saturated rings. The Hall–Kier alpha value is -1.27. The van der Waals surface area contributed by atoms with Crippen molar-refractivity contribution < 1.29 is 18.0 Å². The lowest BCUT2D eigenvalue weighted by molar-refractivity contribution is -0.137. The molecule has 1 aromatic rings. The molecule has 0 radical (unpaired) electrons. The van der Waals surface area contributed by atoms with Gasteiger partial charge in [-0.05, 0) is 24.1 Å². The van der Waals surface area contributed by atoms with Gasteiger partial charge in [0.25, 0.3) is 0 Å². The van der Waals surface area contributed by atoms with Gasteiger partial charge in [-0.3, -0.25) is 4.79 Å². The summed E-state index contributed by atoms with van der Waals surface area (Å²) in [5.74, 6) is -0.493. The molecule has 3 nitrogen and oxygen atoms in total. The van der Waals surface area contributed by atoms with Crippen molar-refractivity contribution in [2.24, 2.45) is 11.7 Å². The van der Waals surface area contributed by atoms with Crippen molar-refractivity contribution in [3.05, 3.63) is 28.8 Å². The van der Waals surface area contributed by atoms with Gasteiger partial charge in [-0.15, -0.1) is 0 Å². The second-order valence-corrected chi connectivity index (χ2v) is 5.28. The maximum Gasteiger partial charge on any atom is 0.418 e. The van der Waals surface area contributed by atoms with Gasteiger partial charge in [0.2, 0.25) is 5.91 Å². The minimum absolute atomic E-state index is 0.0441. The van der Waals surface area contributed by atoms with Crippen LogP contribution in [0.2, 0.25) is 5.02 Å². The summed E-state index contributed by atoms with van der Waals surface area (Å²) in [4.78, 5) is 11.7. The highest BCUT2D eigenvalue weighted by Crippen LogP contribution is 2.36. The van der Waals surface area contributed by atoms with Crippen molar-refractivity contribution in [1.29, 1.82) is 0 Å². The Kier molecular flexibility index (Phi) is 5.42. The third kappa shape index (κ3) is 4.68. The van der Waals surface area contributed by atoms with Gasteiger partial charge in [0.15, 0.2) is 0 Å². The van der Waals surface area contributed by atoms with Crippen LogP contribution < -0.4 is 11.1 Å². The fraction of sp³-hybridized carbons (Fsp3) is 0.462. The smallest absolute Gasteiger partial charge is 0.327 e. The summed E-state index contributed by atoms with van der Waals surface area (Å²) < 4.78 is 38.5. The molecule has 0 heterocycles. The Balaban J connectivity index is 2.90. The van der Waals surface area contributed by atoms with E-state index < -0.39 is 23.7 Å². The van der Waals surface area contributed by atoms with E-state index in [-0.39, 0.29) is 23.0 Å². The van der Waals surface area contributed by atoms with E-state index in [1.54, 1.807) is 0 Å². The summed E-state index contributed by atoms with van der Waals surface area (Å²) >= 11 is 5.55. The fourth-order valence-electron chi connectivity index (χ4n) is 1.51. The Morgan fingerprint density at radius 1 is 1.40 bits per heavy atom. The van der Waals surface area contributed by atoms with Crippen LogP contribution in [0.5, 0.6) is 0 Å². The van der Waals surface area contributed by atoms with E-state index in [1.165, 1.54) is 6.07 Å². The molecular formula is C13H16ClF3N2O. The Morgan fingerprint density at radius 3 is 2.50 bits per heavy atom. The molecule has 0 aromatic heterocycles. The Bertz CT molecular complexity index is 489. The number of nitrogens with one attached hydrogen (secondary N) is 1. The van der Waals surface area contributed by atoms with Gasteiger partial charge in [0.1, 0.15) is 0 Å². The molecule has 0 aliphatic carbocycles. The number of hydrogen-bond donors (Lipinski definition) is 2. The summed E-state index contributed by atoms with van der Waals surface area (Å²) in [5.41, 5.74) is 4.42. The lowest BCUT2D eigenvalue weighted by Gasteiger charge is -2.17. The van der Waals surface area contributed by atoms with Crippen LogP contribution in [0, 0.1) is 5.92 Å². The summed E-state index contributed by atoms with van der Waals surface area (Å²) in [7, 11) is 0. The van der Waals surface area contributed by atoms with Crippen molar-refractivity contribution in [1.82, 2.24) is 0 Å². The minimum atomic E-state index is -4.59. The standard InChI is InChI=1S/C13H16ClF3N2O/c1-7(2)10(18)6-12(20)19-11-4-3-8(14)5-9(11)13(15,16)17/h3-5,7,10H,6,18H2,1-2H3,(H,19,20). The lowest BCUT2D eigenvalue weighted by atomic mass is 10.0. The highest BCUT2D eigenvalue weighted by Gasteiger charge is 2.34. The Labute approximate surface area is 120 Å². The highest BCUT2D eigenvalue weighted by atomic mass is 35.5. The molecule has 3 N–H and O–H groups in total.